The molecule has 31 heavy (non-hydrogen) atoms. The Kier molecular flexibility index (Phi) is 4.66. The first kappa shape index (κ1) is 19.6. The summed E-state index contributed by atoms with van der Waals surface area (Å²) in [5.41, 5.74) is 1.34. The number of benzene rings is 1. The van der Waals surface area contributed by atoms with Gasteiger partial charge in [0.25, 0.3) is 17.2 Å². The third-order valence-corrected chi connectivity index (χ3v) is 6.33. The number of piperidine rings is 1. The second kappa shape index (κ2) is 7.39. The molecule has 158 valence electrons. The number of nitrogens with zero attached hydrogens (tertiary/aromatic N) is 3. The molecule has 2 aromatic heterocycles. The summed E-state index contributed by atoms with van der Waals surface area (Å²) in [7, 11) is 0. The summed E-state index contributed by atoms with van der Waals surface area (Å²) < 4.78 is 7.60. The molecule has 1 saturated heterocycles. The van der Waals surface area contributed by atoms with Crippen LogP contribution in [-0.4, -0.2) is 33.4 Å². The number of aromatic nitrogens is 1. The van der Waals surface area contributed by atoms with E-state index in [4.69, 9.17) is 16.0 Å². The average Bonchev–Trinajstić information content (AvgIpc) is 3.23. The number of nitro groups is 1. The van der Waals surface area contributed by atoms with Crippen LogP contribution in [0.4, 0.5) is 5.69 Å². The molecule has 2 aliphatic rings. The zero-order valence-corrected chi connectivity index (χ0v) is 17.1. The lowest BCUT2D eigenvalue weighted by molar-refractivity contribution is -0.384. The van der Waals surface area contributed by atoms with Crippen LogP contribution in [0.5, 0.6) is 0 Å². The number of carbonyl (C=O) groups is 1. The van der Waals surface area contributed by atoms with E-state index in [2.05, 4.69) is 0 Å². The van der Waals surface area contributed by atoms with Gasteiger partial charge in [-0.1, -0.05) is 17.7 Å². The predicted octanol–water partition coefficient (Wildman–Crippen LogP) is 3.93. The number of halogens is 1. The molecule has 1 fully saturated rings. The van der Waals surface area contributed by atoms with Gasteiger partial charge >= 0.3 is 0 Å². The van der Waals surface area contributed by atoms with Gasteiger partial charge in [-0.05, 0) is 36.6 Å². The number of carbonyl (C=O) groups excluding carboxylic acids is 1. The van der Waals surface area contributed by atoms with Crippen LogP contribution in [0.3, 0.4) is 0 Å². The molecule has 0 aliphatic carbocycles. The minimum Gasteiger partial charge on any atom is -0.451 e. The fourth-order valence-electron chi connectivity index (χ4n) is 4.63. The third-order valence-electron chi connectivity index (χ3n) is 6.01. The number of hydrogen-bond acceptors (Lipinski definition) is 5. The molecule has 0 radical (unpaired) electrons. The minimum absolute atomic E-state index is 0.00243. The summed E-state index contributed by atoms with van der Waals surface area (Å²) >= 11 is 6.18. The number of non-ortho nitro benzene ring substituents is 1. The highest BCUT2D eigenvalue weighted by atomic mass is 35.5. The van der Waals surface area contributed by atoms with Crippen LogP contribution in [0.2, 0.25) is 5.02 Å². The summed E-state index contributed by atoms with van der Waals surface area (Å²) in [6.45, 7) is 1.69. The van der Waals surface area contributed by atoms with Crippen molar-refractivity contribution in [2.45, 2.75) is 18.9 Å². The van der Waals surface area contributed by atoms with Crippen LogP contribution in [0.15, 0.2) is 57.7 Å². The lowest BCUT2D eigenvalue weighted by atomic mass is 9.83. The van der Waals surface area contributed by atoms with Crippen LogP contribution >= 0.6 is 11.6 Å². The Morgan fingerprint density at radius 2 is 1.97 bits per heavy atom. The van der Waals surface area contributed by atoms with Crippen LogP contribution in [0.1, 0.15) is 28.6 Å². The summed E-state index contributed by atoms with van der Waals surface area (Å²) in [5.74, 6) is 0.677. The van der Waals surface area contributed by atoms with Crippen molar-refractivity contribution < 1.29 is 14.1 Å². The van der Waals surface area contributed by atoms with Gasteiger partial charge in [0.15, 0.2) is 5.76 Å². The number of rotatable bonds is 3. The first-order valence-electron chi connectivity index (χ1n) is 9.94. The molecule has 0 N–H and O–H groups in total. The molecular weight excluding hydrogens is 422 g/mol. The maximum absolute atomic E-state index is 13.1. The topological polar surface area (TPSA) is 98.6 Å². The molecule has 2 atom stereocenters. The van der Waals surface area contributed by atoms with E-state index in [0.29, 0.717) is 31.0 Å². The molecule has 8 nitrogen and oxygen atoms in total. The van der Waals surface area contributed by atoms with E-state index in [0.717, 1.165) is 12.1 Å². The van der Waals surface area contributed by atoms with E-state index in [1.54, 1.807) is 29.2 Å². The standard InChI is InChI=1S/C22H18ClN3O5/c23-17-9-15(26(29)30)4-5-16(17)19-6-7-20(31-19)22(28)24-10-13-8-14(12-24)18-2-1-3-21(27)25(18)11-13/h1-7,9,13-14H,8,10-12H2/t13-,14+/m0/s1. The summed E-state index contributed by atoms with van der Waals surface area (Å²) in [5, 5.41) is 11.1. The van der Waals surface area contributed by atoms with Crippen molar-refractivity contribution in [2.24, 2.45) is 5.92 Å². The van der Waals surface area contributed by atoms with Crippen molar-refractivity contribution in [3.8, 4) is 11.3 Å². The molecule has 4 heterocycles. The monoisotopic (exact) mass is 439 g/mol. The zero-order valence-electron chi connectivity index (χ0n) is 16.4. The summed E-state index contributed by atoms with van der Waals surface area (Å²) in [4.78, 5) is 37.5. The Bertz CT molecular complexity index is 1260. The van der Waals surface area contributed by atoms with Gasteiger partial charge in [-0.3, -0.25) is 19.7 Å². The van der Waals surface area contributed by atoms with Gasteiger partial charge in [0, 0.05) is 55.0 Å². The van der Waals surface area contributed by atoms with Gasteiger partial charge < -0.3 is 13.9 Å². The Labute approximate surface area is 181 Å². The molecule has 2 bridgehead atoms. The predicted molar refractivity (Wildman–Crippen MR) is 113 cm³/mol. The highest BCUT2D eigenvalue weighted by Crippen LogP contribution is 2.36. The number of likely N-dealkylation sites (tertiary alicyclic amines) is 1. The Hall–Kier alpha value is -3.39. The number of pyridine rings is 1. The molecule has 1 amide bonds. The first-order chi connectivity index (χ1) is 14.9. The second-order valence-electron chi connectivity index (χ2n) is 7.99. The van der Waals surface area contributed by atoms with Crippen molar-refractivity contribution in [2.75, 3.05) is 13.1 Å². The number of amides is 1. The van der Waals surface area contributed by atoms with Crippen molar-refractivity contribution in [3.63, 3.8) is 0 Å². The van der Waals surface area contributed by atoms with Gasteiger partial charge in [-0.15, -0.1) is 0 Å². The molecular formula is C22H18ClN3O5. The first-order valence-corrected chi connectivity index (χ1v) is 10.3. The molecule has 1 aromatic carbocycles. The molecule has 0 spiro atoms. The van der Waals surface area contributed by atoms with Crippen molar-refractivity contribution in [1.29, 1.82) is 0 Å². The van der Waals surface area contributed by atoms with Crippen molar-refractivity contribution >= 4 is 23.2 Å². The van der Waals surface area contributed by atoms with E-state index in [9.17, 15) is 19.7 Å². The van der Waals surface area contributed by atoms with Crippen LogP contribution in [0, 0.1) is 16.0 Å². The SMILES string of the molecule is O=C(c1ccc(-c2ccc([N+](=O)[O-])cc2Cl)o1)N1C[C@@H]2C[C@H](C1)c1cccc(=O)n1C2. The van der Waals surface area contributed by atoms with Crippen LogP contribution in [0.25, 0.3) is 11.3 Å². The highest BCUT2D eigenvalue weighted by Gasteiger charge is 2.37. The van der Waals surface area contributed by atoms with E-state index < -0.39 is 4.92 Å². The van der Waals surface area contributed by atoms with Gasteiger partial charge in [-0.25, -0.2) is 0 Å². The normalized spacial score (nSPS) is 19.7. The van der Waals surface area contributed by atoms with E-state index >= 15 is 0 Å². The molecule has 0 saturated carbocycles. The van der Waals surface area contributed by atoms with Crippen molar-refractivity contribution in [1.82, 2.24) is 9.47 Å². The highest BCUT2D eigenvalue weighted by molar-refractivity contribution is 6.33. The molecule has 2 aliphatic heterocycles. The van der Waals surface area contributed by atoms with Crippen molar-refractivity contribution in [3.05, 3.63) is 85.5 Å². The smallest absolute Gasteiger partial charge is 0.289 e. The van der Waals surface area contributed by atoms with Gasteiger partial charge in [-0.2, -0.15) is 0 Å². The largest absolute Gasteiger partial charge is 0.451 e. The molecule has 3 aromatic rings. The quantitative estimate of drug-likeness (QED) is 0.455. The maximum Gasteiger partial charge on any atom is 0.289 e. The fraction of sp³-hybridized carbons (Fsp3) is 0.273. The van der Waals surface area contributed by atoms with Gasteiger partial charge in [0.2, 0.25) is 0 Å². The second-order valence-corrected chi connectivity index (χ2v) is 8.40. The number of nitro benzene ring substituents is 1. The lowest BCUT2D eigenvalue weighted by Gasteiger charge is -2.42. The number of fused-ring (bicyclic) bond motifs is 4. The van der Waals surface area contributed by atoms with E-state index in [-0.39, 0.29) is 39.8 Å². The Balaban J connectivity index is 1.38. The minimum atomic E-state index is -0.522. The zero-order chi connectivity index (χ0) is 21.7. The molecule has 0 unspecified atom stereocenters. The summed E-state index contributed by atoms with van der Waals surface area (Å²) in [6, 6.07) is 12.6. The molecule has 9 heteroatoms. The maximum atomic E-state index is 13.1. The van der Waals surface area contributed by atoms with E-state index in [1.165, 1.54) is 18.2 Å². The fourth-order valence-corrected chi connectivity index (χ4v) is 4.90. The summed E-state index contributed by atoms with van der Waals surface area (Å²) in [6.07, 6.45) is 0.953. The van der Waals surface area contributed by atoms with Gasteiger partial charge in [0.1, 0.15) is 5.76 Å². The van der Waals surface area contributed by atoms with E-state index in [1.807, 2.05) is 10.6 Å². The molecule has 5 rings (SSSR count). The van der Waals surface area contributed by atoms with Gasteiger partial charge in [0.05, 0.1) is 9.95 Å². The third kappa shape index (κ3) is 3.42. The average molecular weight is 440 g/mol. The Morgan fingerprint density at radius 1 is 1.13 bits per heavy atom. The van der Waals surface area contributed by atoms with Crippen LogP contribution in [-0.2, 0) is 6.54 Å². The lowest BCUT2D eigenvalue weighted by Crippen LogP contribution is -2.49. The Morgan fingerprint density at radius 3 is 2.74 bits per heavy atom. The van der Waals surface area contributed by atoms with Crippen LogP contribution < -0.4 is 5.56 Å². The number of furan rings is 1. The number of hydrogen-bond donors (Lipinski definition) is 0.